The molecule has 0 aliphatic carbocycles. The van der Waals surface area contributed by atoms with Crippen LogP contribution >= 0.6 is 11.8 Å². The maximum absolute atomic E-state index is 5.49. The summed E-state index contributed by atoms with van der Waals surface area (Å²) in [4.78, 5) is 13.2. The molecule has 1 fully saturated rings. The quantitative estimate of drug-likeness (QED) is 0.809. The molecule has 114 valence electrons. The van der Waals surface area contributed by atoms with E-state index in [9.17, 15) is 0 Å². The molecular weight excluding hydrogens is 294 g/mol. The number of rotatable bonds is 1. The van der Waals surface area contributed by atoms with Crippen LogP contribution in [0, 0.1) is 6.92 Å². The minimum Gasteiger partial charge on any atom is -0.378 e. The number of morpholine rings is 1. The maximum atomic E-state index is 5.49. The Balaban J connectivity index is 1.88. The molecule has 0 unspecified atom stereocenters. The zero-order chi connectivity index (χ0) is 14.9. The molecule has 1 aromatic heterocycles. The topological polar surface area (TPSA) is 38.2 Å². The van der Waals surface area contributed by atoms with E-state index in [1.54, 1.807) is 0 Å². The predicted octanol–water partition coefficient (Wildman–Crippen LogP) is 2.94. The molecule has 3 heterocycles. The van der Waals surface area contributed by atoms with Gasteiger partial charge in [0.25, 0.3) is 0 Å². The van der Waals surface area contributed by atoms with Gasteiger partial charge >= 0.3 is 0 Å². The van der Waals surface area contributed by atoms with Crippen molar-refractivity contribution >= 4 is 17.6 Å². The van der Waals surface area contributed by atoms with Crippen LogP contribution in [0.4, 0.5) is 5.82 Å². The van der Waals surface area contributed by atoms with Gasteiger partial charge in [-0.15, -0.1) is 11.8 Å². The minimum absolute atomic E-state index is 0.781. The first-order valence-corrected chi connectivity index (χ1v) is 8.74. The number of aryl methyl sites for hydroxylation is 1. The number of fused-ring (bicyclic) bond motifs is 3. The summed E-state index contributed by atoms with van der Waals surface area (Å²) >= 11 is 1.92. The van der Waals surface area contributed by atoms with E-state index in [-0.39, 0.29) is 0 Å². The van der Waals surface area contributed by atoms with Gasteiger partial charge in [-0.25, -0.2) is 9.97 Å². The van der Waals surface area contributed by atoms with Crippen molar-refractivity contribution in [2.45, 2.75) is 18.2 Å². The molecule has 0 amide bonds. The number of hydrogen-bond acceptors (Lipinski definition) is 5. The second kappa shape index (κ2) is 5.89. The lowest BCUT2D eigenvalue weighted by molar-refractivity contribution is 0.122. The Labute approximate surface area is 134 Å². The van der Waals surface area contributed by atoms with Gasteiger partial charge in [0.2, 0.25) is 0 Å². The van der Waals surface area contributed by atoms with Crippen molar-refractivity contribution in [3.05, 3.63) is 35.7 Å². The summed E-state index contributed by atoms with van der Waals surface area (Å²) in [5.41, 5.74) is 3.67. The summed E-state index contributed by atoms with van der Waals surface area (Å²) in [6.07, 6.45) is 1.02. The molecule has 22 heavy (non-hydrogen) atoms. The van der Waals surface area contributed by atoms with Crippen LogP contribution < -0.4 is 4.90 Å². The molecule has 0 radical (unpaired) electrons. The SMILES string of the molecule is Cc1nc2c(c(N3CCOCC3)n1)CCSc1ccccc1-2. The van der Waals surface area contributed by atoms with Crippen LogP contribution in [-0.2, 0) is 11.2 Å². The van der Waals surface area contributed by atoms with E-state index in [1.807, 2.05) is 18.7 Å². The Bertz CT molecular complexity index is 698. The Morgan fingerprint density at radius 2 is 1.95 bits per heavy atom. The smallest absolute Gasteiger partial charge is 0.136 e. The van der Waals surface area contributed by atoms with E-state index in [4.69, 9.17) is 14.7 Å². The highest BCUT2D eigenvalue weighted by molar-refractivity contribution is 7.99. The van der Waals surface area contributed by atoms with Crippen LogP contribution in [0.1, 0.15) is 11.4 Å². The lowest BCUT2D eigenvalue weighted by atomic mass is 10.0. The zero-order valence-electron chi connectivity index (χ0n) is 12.7. The Hall–Kier alpha value is -1.59. The third-order valence-corrected chi connectivity index (χ3v) is 5.23. The van der Waals surface area contributed by atoms with Gasteiger partial charge in [0.1, 0.15) is 11.6 Å². The number of benzene rings is 1. The van der Waals surface area contributed by atoms with Gasteiger partial charge in [0.05, 0.1) is 18.9 Å². The molecule has 0 saturated carbocycles. The number of hydrogen-bond donors (Lipinski definition) is 0. The Morgan fingerprint density at radius 1 is 1.14 bits per heavy atom. The van der Waals surface area contributed by atoms with E-state index >= 15 is 0 Å². The van der Waals surface area contributed by atoms with Gasteiger partial charge in [-0.1, -0.05) is 18.2 Å². The van der Waals surface area contributed by atoms with Gasteiger partial charge < -0.3 is 9.64 Å². The van der Waals surface area contributed by atoms with Gasteiger partial charge in [0.15, 0.2) is 0 Å². The fourth-order valence-electron chi connectivity index (χ4n) is 3.12. The number of anilines is 1. The Kier molecular flexibility index (Phi) is 3.76. The zero-order valence-corrected chi connectivity index (χ0v) is 13.5. The minimum atomic E-state index is 0.781. The first-order chi connectivity index (χ1) is 10.8. The monoisotopic (exact) mass is 313 g/mol. The molecule has 4 rings (SSSR count). The molecular formula is C17H19N3OS. The molecule has 0 spiro atoms. The van der Waals surface area contributed by atoms with Crippen molar-refractivity contribution in [2.75, 3.05) is 37.0 Å². The van der Waals surface area contributed by atoms with Crippen molar-refractivity contribution in [3.63, 3.8) is 0 Å². The highest BCUT2D eigenvalue weighted by Crippen LogP contribution is 2.39. The summed E-state index contributed by atoms with van der Waals surface area (Å²) in [7, 11) is 0. The van der Waals surface area contributed by atoms with Crippen LogP contribution in [-0.4, -0.2) is 42.0 Å². The molecule has 0 bridgehead atoms. The van der Waals surface area contributed by atoms with E-state index in [0.717, 1.165) is 55.8 Å². The summed E-state index contributed by atoms with van der Waals surface area (Å²) in [6.45, 7) is 5.38. The highest BCUT2D eigenvalue weighted by Gasteiger charge is 2.24. The first kappa shape index (κ1) is 14.0. The van der Waals surface area contributed by atoms with Crippen LogP contribution in [0.3, 0.4) is 0 Å². The summed E-state index contributed by atoms with van der Waals surface area (Å²) in [5.74, 6) is 3.04. The molecule has 0 atom stereocenters. The average Bonchev–Trinajstić information content (AvgIpc) is 2.75. The van der Waals surface area contributed by atoms with Crippen LogP contribution in [0.2, 0.25) is 0 Å². The molecule has 2 aliphatic rings. The second-order valence-electron chi connectivity index (χ2n) is 5.62. The van der Waals surface area contributed by atoms with E-state index < -0.39 is 0 Å². The Morgan fingerprint density at radius 3 is 2.82 bits per heavy atom. The van der Waals surface area contributed by atoms with Crippen LogP contribution in [0.25, 0.3) is 11.3 Å². The number of thioether (sulfide) groups is 1. The van der Waals surface area contributed by atoms with E-state index in [0.29, 0.717) is 0 Å². The van der Waals surface area contributed by atoms with Crippen molar-refractivity contribution < 1.29 is 4.74 Å². The van der Waals surface area contributed by atoms with Crippen molar-refractivity contribution in [2.24, 2.45) is 0 Å². The van der Waals surface area contributed by atoms with Gasteiger partial charge in [-0.3, -0.25) is 0 Å². The first-order valence-electron chi connectivity index (χ1n) is 7.75. The molecule has 2 aromatic rings. The molecule has 2 aliphatic heterocycles. The van der Waals surface area contributed by atoms with Crippen LogP contribution in [0.15, 0.2) is 29.2 Å². The average molecular weight is 313 g/mol. The lowest BCUT2D eigenvalue weighted by Crippen LogP contribution is -2.37. The number of aromatic nitrogens is 2. The third kappa shape index (κ3) is 2.48. The summed E-state index contributed by atoms with van der Waals surface area (Å²) in [6, 6.07) is 8.58. The van der Waals surface area contributed by atoms with E-state index in [2.05, 4.69) is 29.2 Å². The predicted molar refractivity (Wildman–Crippen MR) is 89.7 cm³/mol. The fourth-order valence-corrected chi connectivity index (χ4v) is 4.14. The van der Waals surface area contributed by atoms with Gasteiger partial charge in [0, 0.05) is 34.9 Å². The largest absolute Gasteiger partial charge is 0.378 e. The standard InChI is InChI=1S/C17H19N3OS/c1-12-18-16-13-4-2-3-5-15(13)22-11-6-14(16)17(19-12)20-7-9-21-10-8-20/h2-5H,6-11H2,1H3. The third-order valence-electron chi connectivity index (χ3n) is 4.16. The normalized spacial score (nSPS) is 17.6. The van der Waals surface area contributed by atoms with Crippen molar-refractivity contribution in [3.8, 4) is 11.3 Å². The fraction of sp³-hybridized carbons (Fsp3) is 0.412. The van der Waals surface area contributed by atoms with Crippen molar-refractivity contribution in [1.82, 2.24) is 9.97 Å². The summed E-state index contributed by atoms with van der Waals surface area (Å²) < 4.78 is 5.49. The van der Waals surface area contributed by atoms with E-state index in [1.165, 1.54) is 16.0 Å². The number of ether oxygens (including phenoxy) is 1. The number of nitrogens with zero attached hydrogens (tertiary/aromatic N) is 3. The lowest BCUT2D eigenvalue weighted by Gasteiger charge is -2.30. The second-order valence-corrected chi connectivity index (χ2v) is 6.75. The maximum Gasteiger partial charge on any atom is 0.136 e. The van der Waals surface area contributed by atoms with Gasteiger partial charge in [-0.05, 0) is 19.4 Å². The van der Waals surface area contributed by atoms with Crippen molar-refractivity contribution in [1.29, 1.82) is 0 Å². The van der Waals surface area contributed by atoms with Gasteiger partial charge in [-0.2, -0.15) is 0 Å². The van der Waals surface area contributed by atoms with Crippen LogP contribution in [0.5, 0.6) is 0 Å². The summed E-state index contributed by atoms with van der Waals surface area (Å²) in [5, 5.41) is 0. The molecule has 1 saturated heterocycles. The molecule has 4 nitrogen and oxygen atoms in total. The molecule has 0 N–H and O–H groups in total. The highest BCUT2D eigenvalue weighted by atomic mass is 32.2. The molecule has 5 heteroatoms. The molecule has 1 aromatic carbocycles.